The molecule has 0 saturated heterocycles. The number of carbonyl (C=O) groups excluding carboxylic acids is 2. The summed E-state index contributed by atoms with van der Waals surface area (Å²) < 4.78 is 66.6. The minimum absolute atomic E-state index is 0.0904. The van der Waals surface area contributed by atoms with Crippen molar-refractivity contribution in [2.45, 2.75) is 44.5 Å². The van der Waals surface area contributed by atoms with Crippen LogP contribution >= 0.6 is 34.2 Å². The predicted octanol–water partition coefficient (Wildman–Crippen LogP) is 8.13. The Labute approximate surface area is 276 Å². The third kappa shape index (κ3) is 8.94. The third-order valence-corrected chi connectivity index (χ3v) is 7.32. The molecule has 1 atom stereocenters. The fourth-order valence-electron chi connectivity index (χ4n) is 4.61. The second-order valence-corrected chi connectivity index (χ2v) is 12.8. The lowest BCUT2D eigenvalue weighted by atomic mass is 9.80. The van der Waals surface area contributed by atoms with Gasteiger partial charge < -0.3 is 14.8 Å². The van der Waals surface area contributed by atoms with E-state index in [1.165, 1.54) is 6.20 Å². The topological polar surface area (TPSA) is 77.5 Å². The molecule has 236 valence electrons. The van der Waals surface area contributed by atoms with E-state index in [2.05, 4.69) is 32.9 Å². The first-order valence-corrected chi connectivity index (χ1v) is 15.0. The standard InChI is InChI=1S/C33H28ClF4IN2O4/c1-31(2,3)45-29(42)19-44-25-15-22(14-24(39)16-25)32(17-20-7-5-4-6-8-20,28-12-10-23(34)18-40-28)41-30(43)21-9-11-27(35)26(13-21)33(36,37)38/h4-16,18H,17,19H2,1-3H3,(H,41,43). The molecule has 1 N–H and O–H groups in total. The quantitative estimate of drug-likeness (QED) is 0.106. The van der Waals surface area contributed by atoms with Gasteiger partial charge in [0.05, 0.1) is 16.3 Å². The summed E-state index contributed by atoms with van der Waals surface area (Å²) in [6.45, 7) is 4.79. The molecule has 4 aromatic rings. The van der Waals surface area contributed by atoms with Crippen LogP contribution in [0.4, 0.5) is 17.6 Å². The Morgan fingerprint density at radius 3 is 2.29 bits per heavy atom. The minimum atomic E-state index is -5.02. The van der Waals surface area contributed by atoms with E-state index in [0.717, 1.165) is 11.6 Å². The van der Waals surface area contributed by atoms with Crippen molar-refractivity contribution < 1.29 is 36.6 Å². The largest absolute Gasteiger partial charge is 0.482 e. The molecule has 0 fully saturated rings. The van der Waals surface area contributed by atoms with Gasteiger partial charge in [0.2, 0.25) is 0 Å². The van der Waals surface area contributed by atoms with E-state index in [-0.39, 0.29) is 12.2 Å². The lowest BCUT2D eigenvalue weighted by Gasteiger charge is -2.36. The molecule has 3 aromatic carbocycles. The van der Waals surface area contributed by atoms with Crippen molar-refractivity contribution >= 4 is 46.1 Å². The van der Waals surface area contributed by atoms with Crippen LogP contribution in [-0.2, 0) is 27.7 Å². The second kappa shape index (κ2) is 13.7. The van der Waals surface area contributed by atoms with Crippen molar-refractivity contribution in [3.05, 3.63) is 127 Å². The predicted molar refractivity (Wildman–Crippen MR) is 170 cm³/mol. The van der Waals surface area contributed by atoms with Crippen molar-refractivity contribution in [2.24, 2.45) is 0 Å². The number of hydrogen-bond donors (Lipinski definition) is 1. The molecule has 1 heterocycles. The molecular formula is C33H28ClF4IN2O4. The van der Waals surface area contributed by atoms with Gasteiger partial charge in [-0.2, -0.15) is 13.2 Å². The van der Waals surface area contributed by atoms with Gasteiger partial charge >= 0.3 is 12.1 Å². The first-order chi connectivity index (χ1) is 21.1. The van der Waals surface area contributed by atoms with Crippen LogP contribution in [-0.4, -0.2) is 29.1 Å². The summed E-state index contributed by atoms with van der Waals surface area (Å²) in [5.41, 5.74) is -2.72. The van der Waals surface area contributed by atoms with Crippen LogP contribution in [0.15, 0.2) is 85.1 Å². The number of ether oxygens (including phenoxy) is 2. The van der Waals surface area contributed by atoms with Crippen LogP contribution in [0.3, 0.4) is 0 Å². The summed E-state index contributed by atoms with van der Waals surface area (Å²) in [5, 5.41) is 3.23. The lowest BCUT2D eigenvalue weighted by Crippen LogP contribution is -2.49. The molecule has 6 nitrogen and oxygen atoms in total. The Bertz CT molecular complexity index is 1680. The highest BCUT2D eigenvalue weighted by Gasteiger charge is 2.40. The van der Waals surface area contributed by atoms with E-state index < -0.39 is 52.7 Å². The molecule has 0 spiro atoms. The maximum Gasteiger partial charge on any atom is 0.419 e. The molecule has 0 aliphatic carbocycles. The molecule has 4 rings (SSSR count). The highest BCUT2D eigenvalue weighted by Crippen LogP contribution is 2.37. The van der Waals surface area contributed by atoms with Gasteiger partial charge in [-0.15, -0.1) is 0 Å². The zero-order chi connectivity index (χ0) is 33.0. The fraction of sp³-hybridized carbons (Fsp3) is 0.242. The lowest BCUT2D eigenvalue weighted by molar-refractivity contribution is -0.157. The molecule has 12 heteroatoms. The Morgan fingerprint density at radius 2 is 1.67 bits per heavy atom. The average Bonchev–Trinajstić information content (AvgIpc) is 2.95. The van der Waals surface area contributed by atoms with E-state index in [4.69, 9.17) is 21.1 Å². The monoisotopic (exact) mass is 754 g/mol. The Balaban J connectivity index is 1.87. The summed E-state index contributed by atoms with van der Waals surface area (Å²) in [6, 6.07) is 19.3. The minimum Gasteiger partial charge on any atom is -0.482 e. The first kappa shape index (κ1) is 34.2. The first-order valence-electron chi connectivity index (χ1n) is 13.6. The number of carbonyl (C=O) groups is 2. The smallest absolute Gasteiger partial charge is 0.419 e. The van der Waals surface area contributed by atoms with Crippen LogP contribution in [0.1, 0.15) is 53.5 Å². The highest BCUT2D eigenvalue weighted by atomic mass is 127. The molecule has 0 aliphatic heterocycles. The Morgan fingerprint density at radius 1 is 0.956 bits per heavy atom. The molecule has 1 aromatic heterocycles. The van der Waals surface area contributed by atoms with E-state index in [1.54, 1.807) is 63.2 Å². The molecule has 1 amide bonds. The number of nitrogens with one attached hydrogen (secondary N) is 1. The van der Waals surface area contributed by atoms with Crippen molar-refractivity contribution in [3.63, 3.8) is 0 Å². The normalized spacial score (nSPS) is 13.1. The number of rotatable bonds is 9. The second-order valence-electron chi connectivity index (χ2n) is 11.1. The molecule has 0 bridgehead atoms. The van der Waals surface area contributed by atoms with Crippen molar-refractivity contribution in [1.29, 1.82) is 0 Å². The summed E-state index contributed by atoms with van der Waals surface area (Å²) in [7, 11) is 0. The molecule has 1 unspecified atom stereocenters. The number of hydrogen-bond acceptors (Lipinski definition) is 5. The molecule has 45 heavy (non-hydrogen) atoms. The van der Waals surface area contributed by atoms with Crippen LogP contribution < -0.4 is 10.1 Å². The van der Waals surface area contributed by atoms with Gasteiger partial charge in [0.1, 0.15) is 22.7 Å². The van der Waals surface area contributed by atoms with Gasteiger partial charge in [0.15, 0.2) is 6.61 Å². The number of esters is 1. The fourth-order valence-corrected chi connectivity index (χ4v) is 5.36. The van der Waals surface area contributed by atoms with Gasteiger partial charge in [-0.1, -0.05) is 41.9 Å². The number of aromatic nitrogens is 1. The van der Waals surface area contributed by atoms with Gasteiger partial charge in [-0.3, -0.25) is 9.78 Å². The van der Waals surface area contributed by atoms with Crippen molar-refractivity contribution in [1.82, 2.24) is 10.3 Å². The van der Waals surface area contributed by atoms with E-state index in [1.807, 2.05) is 18.2 Å². The summed E-state index contributed by atoms with van der Waals surface area (Å²) in [4.78, 5) is 30.7. The number of alkyl halides is 3. The van der Waals surface area contributed by atoms with Crippen LogP contribution in [0.5, 0.6) is 5.75 Å². The number of nitrogens with zero attached hydrogens (tertiary/aromatic N) is 1. The summed E-state index contributed by atoms with van der Waals surface area (Å²) in [5.74, 6) is -2.74. The number of amides is 1. The maximum atomic E-state index is 14.1. The number of benzene rings is 3. The maximum absolute atomic E-state index is 14.1. The number of pyridine rings is 1. The van der Waals surface area contributed by atoms with Gasteiger partial charge in [-0.05, 0) is 103 Å². The zero-order valence-corrected chi connectivity index (χ0v) is 27.3. The molecule has 0 saturated carbocycles. The Kier molecular flexibility index (Phi) is 10.4. The van der Waals surface area contributed by atoms with E-state index >= 15 is 0 Å². The number of halogens is 6. The van der Waals surface area contributed by atoms with Crippen molar-refractivity contribution in [2.75, 3.05) is 6.61 Å². The van der Waals surface area contributed by atoms with Crippen LogP contribution in [0.2, 0.25) is 5.02 Å². The zero-order valence-electron chi connectivity index (χ0n) is 24.3. The SMILES string of the molecule is CC(C)(C)OC(=O)COc1cc(I)cc(C(Cc2ccccc2)(NC(=O)c2ccc(F)c(C(F)(F)F)c2)c2ccc(Cl)cn2)c1. The van der Waals surface area contributed by atoms with Gasteiger partial charge in [0.25, 0.3) is 5.91 Å². The molecule has 0 aliphatic rings. The third-order valence-electron chi connectivity index (χ3n) is 6.48. The average molecular weight is 755 g/mol. The molecule has 0 radical (unpaired) electrons. The summed E-state index contributed by atoms with van der Waals surface area (Å²) >= 11 is 8.21. The summed E-state index contributed by atoms with van der Waals surface area (Å²) in [6.07, 6.45) is -3.54. The van der Waals surface area contributed by atoms with Crippen LogP contribution in [0, 0.1) is 9.39 Å². The van der Waals surface area contributed by atoms with E-state index in [0.29, 0.717) is 32.0 Å². The van der Waals surface area contributed by atoms with Gasteiger partial charge in [0, 0.05) is 21.8 Å². The van der Waals surface area contributed by atoms with Gasteiger partial charge in [-0.25, -0.2) is 9.18 Å². The Hall–Kier alpha value is -3.71. The van der Waals surface area contributed by atoms with E-state index in [9.17, 15) is 27.2 Å². The highest BCUT2D eigenvalue weighted by molar-refractivity contribution is 14.1. The molecular weight excluding hydrogens is 727 g/mol. The van der Waals surface area contributed by atoms with Crippen LogP contribution in [0.25, 0.3) is 0 Å². The van der Waals surface area contributed by atoms with Crippen molar-refractivity contribution in [3.8, 4) is 5.75 Å².